The molecule has 9 nitrogen and oxygen atoms in total. The summed E-state index contributed by atoms with van der Waals surface area (Å²) in [4.78, 5) is 15.4. The van der Waals surface area contributed by atoms with Crippen LogP contribution in [0.1, 0.15) is 28.4 Å². The molecule has 2 aliphatic rings. The van der Waals surface area contributed by atoms with Crippen molar-refractivity contribution in [2.24, 2.45) is 10.2 Å². The molecular weight excluding hydrogens is 518 g/mol. The van der Waals surface area contributed by atoms with E-state index in [1.807, 2.05) is 80.6 Å². The fraction of sp³-hybridized carbons (Fsp3) is 0.188. The van der Waals surface area contributed by atoms with Crippen LogP contribution in [0.3, 0.4) is 0 Å². The third-order valence-corrected chi connectivity index (χ3v) is 6.36. The van der Waals surface area contributed by atoms with E-state index in [-0.39, 0.29) is 5.97 Å². The number of carbonyl (C=O) groups excluding carboxylic acids is 1. The second-order valence-electron chi connectivity index (χ2n) is 9.30. The maximum absolute atomic E-state index is 11.9. The van der Waals surface area contributed by atoms with Gasteiger partial charge in [0, 0.05) is 34.5 Å². The Labute approximate surface area is 238 Å². The SMILES string of the molecule is CCOC(=O)c1cc(C)c2c(c1)N=[N+](c1ccccc1)CO2.[C-]#[N+]c1cc(C)c2c(c1)N=[N+](c1ccccc1)CO2. The molecule has 4 aromatic carbocycles. The largest absolute Gasteiger partial charge is 0.462 e. The molecule has 4 aromatic rings. The van der Waals surface area contributed by atoms with Crippen LogP contribution in [0, 0.1) is 20.4 Å². The zero-order valence-electron chi connectivity index (χ0n) is 23.1. The fourth-order valence-electron chi connectivity index (χ4n) is 4.45. The molecule has 0 N–H and O–H groups in total. The number of nitrogens with zero attached hydrogens (tertiary/aromatic N) is 5. The van der Waals surface area contributed by atoms with E-state index in [9.17, 15) is 4.79 Å². The highest BCUT2D eigenvalue weighted by atomic mass is 16.5. The van der Waals surface area contributed by atoms with Gasteiger partial charge < -0.3 is 14.2 Å². The first-order valence-corrected chi connectivity index (χ1v) is 13.1. The number of carbonyl (C=O) groups is 1. The minimum absolute atomic E-state index is 0.344. The second-order valence-corrected chi connectivity index (χ2v) is 9.30. The first-order valence-electron chi connectivity index (χ1n) is 13.1. The van der Waals surface area contributed by atoms with E-state index in [1.165, 1.54) is 0 Å². The van der Waals surface area contributed by atoms with Gasteiger partial charge in [0.15, 0.2) is 28.6 Å². The number of esters is 1. The van der Waals surface area contributed by atoms with Crippen molar-refractivity contribution in [1.29, 1.82) is 0 Å². The van der Waals surface area contributed by atoms with Crippen LogP contribution < -0.4 is 9.47 Å². The summed E-state index contributed by atoms with van der Waals surface area (Å²) < 4.78 is 20.1. The van der Waals surface area contributed by atoms with Crippen molar-refractivity contribution in [2.75, 3.05) is 20.1 Å². The first-order chi connectivity index (χ1) is 20.0. The number of fused-ring (bicyclic) bond motifs is 2. The van der Waals surface area contributed by atoms with Crippen molar-refractivity contribution in [3.8, 4) is 11.5 Å². The summed E-state index contributed by atoms with van der Waals surface area (Å²) in [7, 11) is 0. The van der Waals surface area contributed by atoms with E-state index in [0.29, 0.717) is 48.4 Å². The first kappa shape index (κ1) is 27.2. The van der Waals surface area contributed by atoms with Crippen LogP contribution in [0.5, 0.6) is 11.5 Å². The molecule has 41 heavy (non-hydrogen) atoms. The van der Waals surface area contributed by atoms with Crippen LogP contribution in [0.2, 0.25) is 0 Å². The quantitative estimate of drug-likeness (QED) is 0.146. The molecular formula is C32H29N5O4+2. The number of hydrogen-bond acceptors (Lipinski definition) is 6. The fourth-order valence-corrected chi connectivity index (χ4v) is 4.45. The molecule has 0 atom stereocenters. The predicted octanol–water partition coefficient (Wildman–Crippen LogP) is 8.27. The minimum atomic E-state index is -0.347. The molecule has 204 valence electrons. The Kier molecular flexibility index (Phi) is 8.11. The highest BCUT2D eigenvalue weighted by Gasteiger charge is 2.25. The van der Waals surface area contributed by atoms with Gasteiger partial charge in [-0.15, -0.1) is 0 Å². The molecule has 0 fully saturated rings. The normalized spacial score (nSPS) is 12.9. The number of ether oxygens (including phenoxy) is 3. The zero-order chi connectivity index (χ0) is 28.8. The van der Waals surface area contributed by atoms with Gasteiger partial charge in [0.05, 0.1) is 18.7 Å². The van der Waals surface area contributed by atoms with Crippen molar-refractivity contribution in [3.05, 3.63) is 113 Å². The Morgan fingerprint density at radius 2 is 1.34 bits per heavy atom. The molecule has 0 bridgehead atoms. The van der Waals surface area contributed by atoms with E-state index in [1.54, 1.807) is 34.5 Å². The topological polar surface area (TPSA) is 79.9 Å². The number of hydrogen-bond donors (Lipinski definition) is 0. The minimum Gasteiger partial charge on any atom is -0.462 e. The molecule has 6 rings (SSSR count). The zero-order valence-corrected chi connectivity index (χ0v) is 23.1. The Hall–Kier alpha value is -5.36. The third-order valence-electron chi connectivity index (χ3n) is 6.36. The van der Waals surface area contributed by atoms with Gasteiger partial charge in [-0.2, -0.15) is 0 Å². The summed E-state index contributed by atoms with van der Waals surface area (Å²) in [6.45, 7) is 13.8. The van der Waals surface area contributed by atoms with Crippen LogP contribution in [-0.4, -0.2) is 35.4 Å². The molecule has 0 radical (unpaired) electrons. The number of benzene rings is 4. The molecule has 0 unspecified atom stereocenters. The molecule has 0 saturated carbocycles. The van der Waals surface area contributed by atoms with E-state index in [4.69, 9.17) is 20.8 Å². The monoisotopic (exact) mass is 547 g/mol. The predicted molar refractivity (Wildman–Crippen MR) is 152 cm³/mol. The van der Waals surface area contributed by atoms with Crippen LogP contribution in [0.25, 0.3) is 4.85 Å². The Bertz CT molecular complexity index is 1690. The lowest BCUT2D eigenvalue weighted by atomic mass is 10.1. The van der Waals surface area contributed by atoms with Crippen molar-refractivity contribution in [1.82, 2.24) is 0 Å². The summed E-state index contributed by atoms with van der Waals surface area (Å²) in [5.74, 6) is 1.13. The average Bonchev–Trinajstić information content (AvgIpc) is 3.01. The Morgan fingerprint density at radius 1 is 0.829 bits per heavy atom. The van der Waals surface area contributed by atoms with Crippen molar-refractivity contribution in [2.45, 2.75) is 20.8 Å². The molecule has 2 heterocycles. The van der Waals surface area contributed by atoms with E-state index < -0.39 is 0 Å². The Morgan fingerprint density at radius 3 is 1.85 bits per heavy atom. The molecule has 0 amide bonds. The van der Waals surface area contributed by atoms with Gasteiger partial charge in [-0.3, -0.25) is 0 Å². The summed E-state index contributed by atoms with van der Waals surface area (Å²) in [6, 6.07) is 26.6. The van der Waals surface area contributed by atoms with Gasteiger partial charge in [-0.05, 0) is 65.6 Å². The molecule has 0 spiro atoms. The molecule has 0 aliphatic carbocycles. The van der Waals surface area contributed by atoms with Crippen LogP contribution in [-0.2, 0) is 4.74 Å². The summed E-state index contributed by atoms with van der Waals surface area (Å²) >= 11 is 0. The lowest BCUT2D eigenvalue weighted by Gasteiger charge is -2.14. The third kappa shape index (κ3) is 6.12. The van der Waals surface area contributed by atoms with E-state index >= 15 is 0 Å². The summed E-state index contributed by atoms with van der Waals surface area (Å²) in [6.07, 6.45) is 0. The van der Waals surface area contributed by atoms with Gasteiger partial charge in [0.1, 0.15) is 0 Å². The molecule has 9 heteroatoms. The molecule has 0 saturated heterocycles. The average molecular weight is 548 g/mol. The Balaban J connectivity index is 0.000000166. The van der Waals surface area contributed by atoms with Gasteiger partial charge >= 0.3 is 19.4 Å². The van der Waals surface area contributed by atoms with E-state index in [0.717, 1.165) is 28.3 Å². The number of aryl methyl sites for hydroxylation is 2. The lowest BCUT2D eigenvalue weighted by molar-refractivity contribution is -0.544. The van der Waals surface area contributed by atoms with Crippen LogP contribution >= 0.6 is 0 Å². The van der Waals surface area contributed by atoms with Crippen molar-refractivity contribution in [3.63, 3.8) is 0 Å². The standard InChI is InChI=1S/C17H17N2O3.C15H12N3O/c1-3-21-17(20)13-9-12(2)16-15(10-13)18-19(11-22-16)14-7-5-4-6-8-14;1-11-8-12(16-2)9-14-15(11)19-10-18(17-14)13-6-4-3-5-7-13/h4-10H,3,11H2,1-2H3;3-9H,10H2,1H3/q2*+1. The number of azo groups is 4. The number of rotatable bonds is 4. The molecule has 2 aliphatic heterocycles. The second kappa shape index (κ2) is 12.2. The van der Waals surface area contributed by atoms with Gasteiger partial charge in [-0.25, -0.2) is 9.64 Å². The van der Waals surface area contributed by atoms with Gasteiger partial charge in [0.25, 0.3) is 0 Å². The highest BCUT2D eigenvalue weighted by Crippen LogP contribution is 2.39. The van der Waals surface area contributed by atoms with Gasteiger partial charge in [0.2, 0.25) is 11.4 Å². The van der Waals surface area contributed by atoms with E-state index in [2.05, 4.69) is 15.1 Å². The molecule has 0 aromatic heterocycles. The number of para-hydroxylation sites is 2. The van der Waals surface area contributed by atoms with Crippen LogP contribution in [0.4, 0.5) is 28.4 Å². The summed E-state index contributed by atoms with van der Waals surface area (Å²) in [5.41, 5.74) is 6.14. The van der Waals surface area contributed by atoms with Gasteiger partial charge in [-0.1, -0.05) is 36.4 Å². The summed E-state index contributed by atoms with van der Waals surface area (Å²) in [5, 5.41) is 9.13. The maximum Gasteiger partial charge on any atom is 0.338 e. The smallest absolute Gasteiger partial charge is 0.338 e. The van der Waals surface area contributed by atoms with Crippen LogP contribution in [0.15, 0.2) is 95.2 Å². The van der Waals surface area contributed by atoms with Crippen molar-refractivity contribution < 1.29 is 28.4 Å². The van der Waals surface area contributed by atoms with Crippen molar-refractivity contribution >= 4 is 34.4 Å². The highest BCUT2D eigenvalue weighted by molar-refractivity contribution is 5.91. The lowest BCUT2D eigenvalue weighted by Crippen LogP contribution is -2.16. The maximum atomic E-state index is 11.9.